The molecule has 1 N–H and O–H groups in total. The molecule has 0 radical (unpaired) electrons. The Morgan fingerprint density at radius 1 is 1.00 bits per heavy atom. The lowest BCUT2D eigenvalue weighted by molar-refractivity contribution is 0.0926. The standard InChI is InChI=1S/C21H27NO3/c1-6-24-20-10-8-18(11-16(20)4)21(23)22-17(5)13-25-19-9-7-14(2)15(3)12-19/h7-12,17H,6,13H2,1-5H3,(H,22,23). The number of ether oxygens (including phenoxy) is 2. The van der Waals surface area contributed by atoms with Gasteiger partial charge in [0.25, 0.3) is 5.91 Å². The molecule has 0 saturated heterocycles. The molecule has 0 heterocycles. The SMILES string of the molecule is CCOc1ccc(C(=O)NC(C)COc2ccc(C)c(C)c2)cc1C. The Balaban J connectivity index is 1.91. The van der Waals surface area contributed by atoms with Crippen molar-refractivity contribution in [2.75, 3.05) is 13.2 Å². The fourth-order valence-electron chi connectivity index (χ4n) is 2.48. The van der Waals surface area contributed by atoms with Crippen LogP contribution in [-0.2, 0) is 0 Å². The molecule has 0 fully saturated rings. The molecule has 4 heteroatoms. The third kappa shape index (κ3) is 5.24. The van der Waals surface area contributed by atoms with Crippen molar-refractivity contribution in [1.29, 1.82) is 0 Å². The average Bonchev–Trinajstić information content (AvgIpc) is 2.58. The van der Waals surface area contributed by atoms with Crippen molar-refractivity contribution in [2.45, 2.75) is 40.7 Å². The summed E-state index contributed by atoms with van der Waals surface area (Å²) in [6.45, 7) is 11.0. The van der Waals surface area contributed by atoms with Gasteiger partial charge < -0.3 is 14.8 Å². The Kier molecular flexibility index (Phi) is 6.45. The van der Waals surface area contributed by atoms with Gasteiger partial charge in [0.1, 0.15) is 18.1 Å². The van der Waals surface area contributed by atoms with Gasteiger partial charge in [-0.25, -0.2) is 0 Å². The molecule has 0 aliphatic rings. The highest BCUT2D eigenvalue weighted by Gasteiger charge is 2.12. The van der Waals surface area contributed by atoms with E-state index >= 15 is 0 Å². The quantitative estimate of drug-likeness (QED) is 0.821. The van der Waals surface area contributed by atoms with Crippen molar-refractivity contribution in [3.63, 3.8) is 0 Å². The van der Waals surface area contributed by atoms with Crippen LogP contribution in [-0.4, -0.2) is 25.2 Å². The number of nitrogens with one attached hydrogen (secondary N) is 1. The van der Waals surface area contributed by atoms with Gasteiger partial charge in [-0.15, -0.1) is 0 Å². The van der Waals surface area contributed by atoms with E-state index < -0.39 is 0 Å². The molecule has 0 spiro atoms. The van der Waals surface area contributed by atoms with Crippen LogP contribution < -0.4 is 14.8 Å². The second-order valence-electron chi connectivity index (χ2n) is 6.34. The number of hydrogen-bond donors (Lipinski definition) is 1. The predicted molar refractivity (Wildman–Crippen MR) is 101 cm³/mol. The van der Waals surface area contributed by atoms with Crippen LogP contribution in [0.25, 0.3) is 0 Å². The normalized spacial score (nSPS) is 11.7. The molecule has 0 aliphatic heterocycles. The van der Waals surface area contributed by atoms with Crippen LogP contribution in [0, 0.1) is 20.8 Å². The van der Waals surface area contributed by atoms with Gasteiger partial charge in [0.2, 0.25) is 0 Å². The number of carbonyl (C=O) groups is 1. The van der Waals surface area contributed by atoms with Gasteiger partial charge in [-0.05, 0) is 81.6 Å². The maximum Gasteiger partial charge on any atom is 0.251 e. The molecule has 134 valence electrons. The highest BCUT2D eigenvalue weighted by Crippen LogP contribution is 2.19. The minimum Gasteiger partial charge on any atom is -0.494 e. The molecule has 4 nitrogen and oxygen atoms in total. The number of hydrogen-bond acceptors (Lipinski definition) is 3. The van der Waals surface area contributed by atoms with E-state index in [2.05, 4.69) is 19.2 Å². The Bertz CT molecular complexity index is 740. The Labute approximate surface area is 150 Å². The summed E-state index contributed by atoms with van der Waals surface area (Å²) in [4.78, 5) is 12.4. The fraction of sp³-hybridized carbons (Fsp3) is 0.381. The summed E-state index contributed by atoms with van der Waals surface area (Å²) in [5, 5.41) is 2.97. The third-order valence-electron chi connectivity index (χ3n) is 4.09. The van der Waals surface area contributed by atoms with E-state index in [0.29, 0.717) is 18.8 Å². The average molecular weight is 341 g/mol. The predicted octanol–water partition coefficient (Wildman–Crippen LogP) is 4.21. The smallest absolute Gasteiger partial charge is 0.251 e. The van der Waals surface area contributed by atoms with Gasteiger partial charge in [-0.3, -0.25) is 4.79 Å². The van der Waals surface area contributed by atoms with E-state index in [4.69, 9.17) is 9.47 Å². The second-order valence-corrected chi connectivity index (χ2v) is 6.34. The first-order valence-electron chi connectivity index (χ1n) is 8.65. The molecule has 0 aliphatic carbocycles. The number of aryl methyl sites for hydroxylation is 3. The van der Waals surface area contributed by atoms with Crippen molar-refractivity contribution in [2.24, 2.45) is 0 Å². The zero-order valence-electron chi connectivity index (χ0n) is 15.7. The van der Waals surface area contributed by atoms with E-state index in [1.165, 1.54) is 11.1 Å². The molecule has 0 aromatic heterocycles. The van der Waals surface area contributed by atoms with E-state index in [1.54, 1.807) is 6.07 Å². The summed E-state index contributed by atoms with van der Waals surface area (Å²) in [5.74, 6) is 1.52. The summed E-state index contributed by atoms with van der Waals surface area (Å²) in [6, 6.07) is 11.4. The molecule has 0 bridgehead atoms. The molecule has 1 amide bonds. The molecule has 2 aromatic rings. The minimum absolute atomic E-state index is 0.0963. The molecule has 1 unspecified atom stereocenters. The van der Waals surface area contributed by atoms with Crippen LogP contribution in [0.5, 0.6) is 11.5 Å². The first-order valence-corrected chi connectivity index (χ1v) is 8.65. The fourth-order valence-corrected chi connectivity index (χ4v) is 2.48. The molecular formula is C21H27NO3. The van der Waals surface area contributed by atoms with Crippen molar-refractivity contribution in [3.8, 4) is 11.5 Å². The molecular weight excluding hydrogens is 314 g/mol. The van der Waals surface area contributed by atoms with Gasteiger partial charge in [-0.2, -0.15) is 0 Å². The molecule has 25 heavy (non-hydrogen) atoms. The first-order chi connectivity index (χ1) is 11.9. The summed E-state index contributed by atoms with van der Waals surface area (Å²) in [5.41, 5.74) is 4.01. The zero-order chi connectivity index (χ0) is 18.4. The van der Waals surface area contributed by atoms with Crippen molar-refractivity contribution in [3.05, 3.63) is 58.7 Å². The Morgan fingerprint density at radius 3 is 2.40 bits per heavy atom. The van der Waals surface area contributed by atoms with Gasteiger partial charge in [0.05, 0.1) is 12.6 Å². The topological polar surface area (TPSA) is 47.6 Å². The van der Waals surface area contributed by atoms with Gasteiger partial charge in [0, 0.05) is 5.56 Å². The monoisotopic (exact) mass is 341 g/mol. The molecule has 0 saturated carbocycles. The van der Waals surface area contributed by atoms with Crippen molar-refractivity contribution in [1.82, 2.24) is 5.32 Å². The van der Waals surface area contributed by atoms with Crippen LogP contribution in [0.4, 0.5) is 0 Å². The number of rotatable bonds is 7. The minimum atomic E-state index is -0.109. The second kappa shape index (κ2) is 8.56. The lowest BCUT2D eigenvalue weighted by atomic mass is 10.1. The van der Waals surface area contributed by atoms with E-state index in [9.17, 15) is 4.79 Å². The summed E-state index contributed by atoms with van der Waals surface area (Å²) >= 11 is 0. The zero-order valence-corrected chi connectivity index (χ0v) is 15.7. The lowest BCUT2D eigenvalue weighted by Gasteiger charge is -2.16. The third-order valence-corrected chi connectivity index (χ3v) is 4.09. The van der Waals surface area contributed by atoms with E-state index in [-0.39, 0.29) is 11.9 Å². The summed E-state index contributed by atoms with van der Waals surface area (Å²) in [6.07, 6.45) is 0. The summed E-state index contributed by atoms with van der Waals surface area (Å²) in [7, 11) is 0. The molecule has 1 atom stereocenters. The molecule has 2 rings (SSSR count). The van der Waals surface area contributed by atoms with Crippen LogP contribution in [0.2, 0.25) is 0 Å². The highest BCUT2D eigenvalue weighted by molar-refractivity contribution is 5.94. The highest BCUT2D eigenvalue weighted by atomic mass is 16.5. The first kappa shape index (κ1) is 18.8. The lowest BCUT2D eigenvalue weighted by Crippen LogP contribution is -2.36. The van der Waals surface area contributed by atoms with E-state index in [0.717, 1.165) is 17.1 Å². The van der Waals surface area contributed by atoms with Crippen LogP contribution in [0.15, 0.2) is 36.4 Å². The Morgan fingerprint density at radius 2 is 1.76 bits per heavy atom. The number of benzene rings is 2. The summed E-state index contributed by atoms with van der Waals surface area (Å²) < 4.78 is 11.3. The van der Waals surface area contributed by atoms with Crippen LogP contribution >= 0.6 is 0 Å². The maximum absolute atomic E-state index is 12.4. The number of carbonyl (C=O) groups excluding carboxylic acids is 1. The van der Waals surface area contributed by atoms with Gasteiger partial charge >= 0.3 is 0 Å². The van der Waals surface area contributed by atoms with Gasteiger partial charge in [0.15, 0.2) is 0 Å². The van der Waals surface area contributed by atoms with Crippen molar-refractivity contribution < 1.29 is 14.3 Å². The van der Waals surface area contributed by atoms with Crippen LogP contribution in [0.1, 0.15) is 40.9 Å². The maximum atomic E-state index is 12.4. The van der Waals surface area contributed by atoms with Crippen molar-refractivity contribution >= 4 is 5.91 Å². The van der Waals surface area contributed by atoms with Crippen LogP contribution in [0.3, 0.4) is 0 Å². The largest absolute Gasteiger partial charge is 0.494 e. The molecule has 2 aromatic carbocycles. The van der Waals surface area contributed by atoms with E-state index in [1.807, 2.05) is 51.1 Å². The Hall–Kier alpha value is -2.49. The number of amides is 1. The van der Waals surface area contributed by atoms with Gasteiger partial charge in [-0.1, -0.05) is 6.07 Å².